The van der Waals surface area contributed by atoms with Crippen molar-refractivity contribution in [1.82, 2.24) is 9.97 Å². The monoisotopic (exact) mass is 423 g/mol. The Hall–Kier alpha value is -2.80. The van der Waals surface area contributed by atoms with Crippen LogP contribution in [0.3, 0.4) is 0 Å². The predicted octanol–water partition coefficient (Wildman–Crippen LogP) is 5.09. The summed E-state index contributed by atoms with van der Waals surface area (Å²) in [6.07, 6.45) is 2.79. The highest BCUT2D eigenvalue weighted by Gasteiger charge is 2.26. The number of fused-ring (bicyclic) bond motifs is 2. The summed E-state index contributed by atoms with van der Waals surface area (Å²) in [5.74, 6) is 2.57. The Balaban J connectivity index is 1.48. The zero-order chi connectivity index (χ0) is 20.5. The van der Waals surface area contributed by atoms with Crippen LogP contribution in [0, 0.1) is 6.92 Å². The minimum atomic E-state index is 0.300. The molecule has 3 aromatic rings. The van der Waals surface area contributed by atoms with Gasteiger partial charge in [0.15, 0.2) is 11.5 Å². The molecule has 0 saturated carbocycles. The van der Waals surface area contributed by atoms with Crippen molar-refractivity contribution in [3.8, 4) is 17.2 Å². The smallest absolute Gasteiger partial charge is 0.231 e. The molecule has 2 aliphatic rings. The van der Waals surface area contributed by atoms with Crippen LogP contribution >= 0.6 is 11.8 Å². The first kappa shape index (κ1) is 19.2. The lowest BCUT2D eigenvalue weighted by Gasteiger charge is -2.24. The zero-order valence-corrected chi connectivity index (χ0v) is 18.0. The number of nitrogens with one attached hydrogen (secondary N) is 1. The highest BCUT2D eigenvalue weighted by Crippen LogP contribution is 2.48. The van der Waals surface area contributed by atoms with E-state index in [4.69, 9.17) is 14.2 Å². The standard InChI is InChI=1S/C23H25N3O3S/c1-3-27-17-5-6-19-23(11-17)30-22(16-4-7-20-21(10-16)29-14-28-20)8-9-26(19)12-18-15(2)24-13-25-18/h4-7,10-11,13,22H,3,8-9,12,14H2,1-2H3,(H,24,25). The summed E-state index contributed by atoms with van der Waals surface area (Å²) >= 11 is 1.89. The third kappa shape index (κ3) is 3.69. The molecule has 0 aliphatic carbocycles. The SMILES string of the molecule is CCOc1ccc2c(c1)SC(c1ccc3c(c1)OCO3)CCN2Cc1nc[nH]c1C. The van der Waals surface area contributed by atoms with E-state index in [0.717, 1.165) is 48.1 Å². The van der Waals surface area contributed by atoms with E-state index in [1.54, 1.807) is 6.33 Å². The van der Waals surface area contributed by atoms with Gasteiger partial charge in [-0.2, -0.15) is 0 Å². The van der Waals surface area contributed by atoms with Crippen LogP contribution in [-0.4, -0.2) is 29.9 Å². The number of nitrogens with zero attached hydrogens (tertiary/aromatic N) is 2. The van der Waals surface area contributed by atoms with Crippen LogP contribution in [0.2, 0.25) is 0 Å². The number of thioether (sulfide) groups is 1. The first-order valence-electron chi connectivity index (χ1n) is 10.3. The first-order chi connectivity index (χ1) is 14.7. The Bertz CT molecular complexity index is 1050. The lowest BCUT2D eigenvalue weighted by Crippen LogP contribution is -2.24. The van der Waals surface area contributed by atoms with Gasteiger partial charge in [-0.1, -0.05) is 6.07 Å². The van der Waals surface area contributed by atoms with Crippen LogP contribution < -0.4 is 19.1 Å². The second-order valence-electron chi connectivity index (χ2n) is 7.47. The minimum Gasteiger partial charge on any atom is -0.494 e. The number of aryl methyl sites for hydroxylation is 1. The van der Waals surface area contributed by atoms with Crippen molar-refractivity contribution in [2.24, 2.45) is 0 Å². The van der Waals surface area contributed by atoms with E-state index in [1.165, 1.54) is 16.1 Å². The molecule has 0 saturated heterocycles. The molecule has 5 rings (SSSR count). The van der Waals surface area contributed by atoms with Crippen molar-refractivity contribution in [2.45, 2.75) is 37.0 Å². The molecule has 2 aromatic carbocycles. The second kappa shape index (κ2) is 8.14. The van der Waals surface area contributed by atoms with E-state index in [1.807, 2.05) is 24.8 Å². The van der Waals surface area contributed by atoms with Gasteiger partial charge < -0.3 is 24.1 Å². The third-order valence-corrected chi connectivity index (χ3v) is 6.93. The molecule has 7 heteroatoms. The average Bonchev–Trinajstić information content (AvgIpc) is 3.34. The number of anilines is 1. The number of rotatable bonds is 5. The van der Waals surface area contributed by atoms with Gasteiger partial charge in [0.2, 0.25) is 6.79 Å². The number of ether oxygens (including phenoxy) is 3. The Labute approximate surface area is 180 Å². The van der Waals surface area contributed by atoms with Gasteiger partial charge in [0.1, 0.15) is 5.75 Å². The fourth-order valence-corrected chi connectivity index (χ4v) is 5.27. The summed E-state index contributed by atoms with van der Waals surface area (Å²) in [5, 5.41) is 0.320. The van der Waals surface area contributed by atoms with Crippen LogP contribution in [0.5, 0.6) is 17.2 Å². The molecule has 0 radical (unpaired) electrons. The average molecular weight is 424 g/mol. The van der Waals surface area contributed by atoms with Crippen molar-refractivity contribution in [3.63, 3.8) is 0 Å². The van der Waals surface area contributed by atoms with Gasteiger partial charge in [-0.25, -0.2) is 4.98 Å². The number of imidazole rings is 1. The van der Waals surface area contributed by atoms with Gasteiger partial charge in [0.05, 0.1) is 30.9 Å². The Morgan fingerprint density at radius 2 is 2.10 bits per heavy atom. The molecule has 30 heavy (non-hydrogen) atoms. The topological polar surface area (TPSA) is 59.6 Å². The van der Waals surface area contributed by atoms with E-state index in [9.17, 15) is 0 Å². The number of hydrogen-bond acceptors (Lipinski definition) is 6. The summed E-state index contributed by atoms with van der Waals surface area (Å²) in [6, 6.07) is 12.7. The van der Waals surface area contributed by atoms with Gasteiger partial charge in [-0.05, 0) is 56.2 Å². The molecule has 1 N–H and O–H groups in total. The van der Waals surface area contributed by atoms with Crippen molar-refractivity contribution in [1.29, 1.82) is 0 Å². The van der Waals surface area contributed by atoms with Crippen molar-refractivity contribution < 1.29 is 14.2 Å². The maximum atomic E-state index is 5.79. The van der Waals surface area contributed by atoms with Crippen LogP contribution in [-0.2, 0) is 6.54 Å². The molecular weight excluding hydrogens is 398 g/mol. The molecule has 0 spiro atoms. The predicted molar refractivity (Wildman–Crippen MR) is 118 cm³/mol. The van der Waals surface area contributed by atoms with E-state index in [0.29, 0.717) is 18.6 Å². The third-order valence-electron chi connectivity index (χ3n) is 5.56. The summed E-state index contributed by atoms with van der Waals surface area (Å²) < 4.78 is 16.9. The lowest BCUT2D eigenvalue weighted by atomic mass is 10.1. The fourth-order valence-electron chi connectivity index (χ4n) is 3.95. The zero-order valence-electron chi connectivity index (χ0n) is 17.2. The number of aromatic amines is 1. The van der Waals surface area contributed by atoms with E-state index < -0.39 is 0 Å². The Morgan fingerprint density at radius 1 is 1.20 bits per heavy atom. The molecular formula is C23H25N3O3S. The normalized spacial score (nSPS) is 17.5. The van der Waals surface area contributed by atoms with Crippen LogP contribution in [0.15, 0.2) is 47.6 Å². The molecule has 1 atom stereocenters. The molecule has 6 nitrogen and oxygen atoms in total. The molecule has 3 heterocycles. The van der Waals surface area contributed by atoms with Crippen molar-refractivity contribution in [2.75, 3.05) is 24.8 Å². The largest absolute Gasteiger partial charge is 0.494 e. The van der Waals surface area contributed by atoms with E-state index >= 15 is 0 Å². The first-order valence-corrected chi connectivity index (χ1v) is 11.2. The van der Waals surface area contributed by atoms with Crippen molar-refractivity contribution >= 4 is 17.4 Å². The fraction of sp³-hybridized carbons (Fsp3) is 0.348. The van der Waals surface area contributed by atoms with Crippen LogP contribution in [0.25, 0.3) is 0 Å². The van der Waals surface area contributed by atoms with Crippen molar-refractivity contribution in [3.05, 3.63) is 59.7 Å². The second-order valence-corrected chi connectivity index (χ2v) is 8.71. The maximum Gasteiger partial charge on any atom is 0.231 e. The Kier molecular flexibility index (Phi) is 5.21. The van der Waals surface area contributed by atoms with Gasteiger partial charge in [0.25, 0.3) is 0 Å². The highest BCUT2D eigenvalue weighted by molar-refractivity contribution is 7.99. The molecule has 0 bridgehead atoms. The molecule has 2 aliphatic heterocycles. The number of aromatic nitrogens is 2. The van der Waals surface area contributed by atoms with Crippen LogP contribution in [0.4, 0.5) is 5.69 Å². The molecule has 1 aromatic heterocycles. The minimum absolute atomic E-state index is 0.300. The highest BCUT2D eigenvalue weighted by atomic mass is 32.2. The molecule has 0 fully saturated rings. The number of benzene rings is 2. The van der Waals surface area contributed by atoms with Crippen LogP contribution in [0.1, 0.15) is 35.5 Å². The van der Waals surface area contributed by atoms with Gasteiger partial charge >= 0.3 is 0 Å². The summed E-state index contributed by atoms with van der Waals surface area (Å²) in [4.78, 5) is 11.4. The summed E-state index contributed by atoms with van der Waals surface area (Å²) in [5.41, 5.74) is 4.69. The van der Waals surface area contributed by atoms with E-state index in [-0.39, 0.29) is 0 Å². The van der Waals surface area contributed by atoms with E-state index in [2.05, 4.69) is 52.1 Å². The number of H-pyrrole nitrogens is 1. The summed E-state index contributed by atoms with van der Waals surface area (Å²) in [7, 11) is 0. The van der Waals surface area contributed by atoms with Gasteiger partial charge in [-0.15, -0.1) is 11.8 Å². The number of hydrogen-bond donors (Lipinski definition) is 1. The molecule has 0 amide bonds. The van der Waals surface area contributed by atoms with Gasteiger partial charge in [0, 0.05) is 22.4 Å². The maximum absolute atomic E-state index is 5.79. The molecule has 1 unspecified atom stereocenters. The Morgan fingerprint density at radius 3 is 2.93 bits per heavy atom. The van der Waals surface area contributed by atoms with Gasteiger partial charge in [-0.3, -0.25) is 0 Å². The lowest BCUT2D eigenvalue weighted by molar-refractivity contribution is 0.174. The quantitative estimate of drug-likeness (QED) is 0.617. The molecule has 156 valence electrons. The summed E-state index contributed by atoms with van der Waals surface area (Å²) in [6.45, 7) is 6.77.